The number of phenolic OH excluding ortho intramolecular Hbond substituents is 1. The van der Waals surface area contributed by atoms with E-state index in [1.165, 1.54) is 18.1 Å². The van der Waals surface area contributed by atoms with Crippen molar-refractivity contribution in [3.63, 3.8) is 0 Å². The first-order chi connectivity index (χ1) is 20.1. The summed E-state index contributed by atoms with van der Waals surface area (Å²) < 4.78 is 96.7. The first-order valence-electron chi connectivity index (χ1n) is 13.4. The third kappa shape index (κ3) is 7.57. The van der Waals surface area contributed by atoms with Crippen molar-refractivity contribution in [3.05, 3.63) is 77.4 Å². The Bertz CT molecular complexity index is 1520. The molecule has 244 valence electrons. The fourth-order valence-corrected chi connectivity index (χ4v) is 5.75. The van der Waals surface area contributed by atoms with Crippen LogP contribution in [-0.4, -0.2) is 43.3 Å². The Morgan fingerprint density at radius 3 is 2.23 bits per heavy atom. The third-order valence-electron chi connectivity index (χ3n) is 6.96. The maximum atomic E-state index is 12.4. The minimum absolute atomic E-state index is 0.131. The Labute approximate surface area is 252 Å². The number of benzene rings is 2. The highest BCUT2D eigenvalue weighted by atomic mass is 32.2. The molecule has 1 heterocycles. The first kappa shape index (κ1) is 36.7. The van der Waals surface area contributed by atoms with Gasteiger partial charge in [-0.05, 0) is 67.2 Å². The van der Waals surface area contributed by atoms with Gasteiger partial charge in [-0.25, -0.2) is 0 Å². The SMILES string of the molecule is C=C1CC2(CCc3ccc(C)cc31)Oc1ccc(O)cc1C2(NC(C)=O)C(=C)C.CC.O=S(=O)(OCC(F)(F)F)C(F)(F)F. The molecular weight excluding hydrogens is 616 g/mol. The highest BCUT2D eigenvalue weighted by molar-refractivity contribution is 7.87. The number of carbonyl (C=O) groups is 1. The van der Waals surface area contributed by atoms with Gasteiger partial charge in [0.15, 0.2) is 6.61 Å². The number of hydrogen-bond donors (Lipinski definition) is 2. The van der Waals surface area contributed by atoms with Crippen LogP contribution in [0.25, 0.3) is 5.57 Å². The predicted octanol–water partition coefficient (Wildman–Crippen LogP) is 7.23. The Morgan fingerprint density at radius 2 is 1.70 bits per heavy atom. The fraction of sp³-hybridized carbons (Fsp3) is 0.433. The minimum Gasteiger partial charge on any atom is -0.508 e. The maximum absolute atomic E-state index is 12.4. The van der Waals surface area contributed by atoms with Gasteiger partial charge in [0.1, 0.15) is 22.6 Å². The number of ether oxygens (including phenoxy) is 1. The highest BCUT2D eigenvalue weighted by Gasteiger charge is 2.62. The zero-order chi connectivity index (χ0) is 33.9. The van der Waals surface area contributed by atoms with E-state index in [-0.39, 0.29) is 11.7 Å². The summed E-state index contributed by atoms with van der Waals surface area (Å²) in [6.07, 6.45) is -3.10. The summed E-state index contributed by atoms with van der Waals surface area (Å²) in [5.41, 5.74) is -1.48. The number of hydrogen-bond acceptors (Lipinski definition) is 6. The second-order valence-electron chi connectivity index (χ2n) is 10.2. The molecule has 2 aliphatic rings. The second kappa shape index (κ2) is 13.2. The van der Waals surface area contributed by atoms with Crippen molar-refractivity contribution in [2.75, 3.05) is 6.61 Å². The molecule has 4 rings (SSSR count). The molecule has 14 heteroatoms. The number of amides is 1. The van der Waals surface area contributed by atoms with Crippen molar-refractivity contribution in [2.45, 2.75) is 76.7 Å². The van der Waals surface area contributed by atoms with Gasteiger partial charge in [-0.15, -0.1) is 0 Å². The van der Waals surface area contributed by atoms with Gasteiger partial charge in [0.2, 0.25) is 5.91 Å². The number of alkyl halides is 6. The van der Waals surface area contributed by atoms with Gasteiger partial charge >= 0.3 is 21.8 Å². The largest absolute Gasteiger partial charge is 0.523 e. The summed E-state index contributed by atoms with van der Waals surface area (Å²) in [6.45, 7) is 15.6. The van der Waals surface area contributed by atoms with Crippen molar-refractivity contribution < 1.29 is 53.6 Å². The molecule has 2 aromatic rings. The molecule has 1 aliphatic carbocycles. The molecule has 0 radical (unpaired) electrons. The lowest BCUT2D eigenvalue weighted by atomic mass is 9.67. The smallest absolute Gasteiger partial charge is 0.508 e. The number of carbonyl (C=O) groups excluding carboxylic acids is 1. The van der Waals surface area contributed by atoms with Gasteiger partial charge in [-0.3, -0.25) is 8.98 Å². The molecule has 1 aliphatic heterocycles. The van der Waals surface area contributed by atoms with Crippen LogP contribution in [0.15, 0.2) is 55.1 Å². The standard InChI is InChI=1S/C25H27NO3.C3H2F6O3S.C2H6/c1-15(2)25(26-18(5)27)22-13-20(28)8-9-23(22)29-24(25)11-10-19-7-6-16(3)12-21(19)17(4)14-24;4-2(5,6)1-12-13(10,11)3(7,8)9;1-2/h6-9,12-13,28H,1,4,10-11,14H2,2-3,5H3,(H,26,27);1H2;1-2H3. The van der Waals surface area contributed by atoms with Gasteiger partial charge in [0.05, 0.1) is 0 Å². The first-order valence-corrected chi connectivity index (χ1v) is 14.8. The molecule has 0 bridgehead atoms. The van der Waals surface area contributed by atoms with E-state index in [0.29, 0.717) is 18.6 Å². The number of nitrogens with one attached hydrogen (secondary N) is 1. The predicted molar refractivity (Wildman–Crippen MR) is 153 cm³/mol. The molecule has 0 aromatic heterocycles. The Kier molecular flexibility index (Phi) is 11.0. The molecular formula is C30H35F6NO6S. The summed E-state index contributed by atoms with van der Waals surface area (Å²) in [6, 6.07) is 11.5. The third-order valence-corrected chi connectivity index (χ3v) is 7.96. The van der Waals surface area contributed by atoms with E-state index in [9.17, 15) is 44.7 Å². The van der Waals surface area contributed by atoms with Crippen LogP contribution in [0.2, 0.25) is 0 Å². The van der Waals surface area contributed by atoms with Gasteiger partial charge in [-0.2, -0.15) is 34.8 Å². The minimum atomic E-state index is -6.15. The van der Waals surface area contributed by atoms with Crippen LogP contribution in [0, 0.1) is 6.92 Å². The van der Waals surface area contributed by atoms with Crippen molar-refractivity contribution >= 4 is 21.6 Å². The Balaban J connectivity index is 0.000000382. The average molecular weight is 652 g/mol. The van der Waals surface area contributed by atoms with E-state index in [1.807, 2.05) is 20.8 Å². The van der Waals surface area contributed by atoms with E-state index < -0.39 is 39.5 Å². The lowest BCUT2D eigenvalue weighted by molar-refractivity contribution is -0.156. The van der Waals surface area contributed by atoms with Crippen molar-refractivity contribution in [1.82, 2.24) is 5.32 Å². The molecule has 0 saturated carbocycles. The van der Waals surface area contributed by atoms with Crippen LogP contribution < -0.4 is 10.1 Å². The summed E-state index contributed by atoms with van der Waals surface area (Å²) in [5, 5.41) is 13.4. The fourth-order valence-electron chi connectivity index (χ4n) is 5.32. The second-order valence-corrected chi connectivity index (χ2v) is 11.8. The number of aryl methyl sites for hydroxylation is 2. The van der Waals surface area contributed by atoms with Crippen molar-refractivity contribution in [2.24, 2.45) is 0 Å². The molecule has 2 N–H and O–H groups in total. The van der Waals surface area contributed by atoms with Gasteiger partial charge in [-0.1, -0.05) is 50.8 Å². The zero-order valence-corrected chi connectivity index (χ0v) is 25.7. The molecule has 0 fully saturated rings. The van der Waals surface area contributed by atoms with E-state index in [2.05, 4.69) is 47.8 Å². The topological polar surface area (TPSA) is 102 Å². The van der Waals surface area contributed by atoms with Gasteiger partial charge in [0, 0.05) is 18.9 Å². The monoisotopic (exact) mass is 651 g/mol. The zero-order valence-electron chi connectivity index (χ0n) is 24.9. The van der Waals surface area contributed by atoms with Crippen molar-refractivity contribution in [1.29, 1.82) is 0 Å². The highest BCUT2D eigenvalue weighted by Crippen LogP contribution is 2.57. The van der Waals surface area contributed by atoms with Crippen LogP contribution >= 0.6 is 0 Å². The van der Waals surface area contributed by atoms with Crippen LogP contribution in [0.5, 0.6) is 11.5 Å². The maximum Gasteiger partial charge on any atom is 0.523 e. The molecule has 2 unspecified atom stereocenters. The van der Waals surface area contributed by atoms with Gasteiger partial charge < -0.3 is 15.2 Å². The number of halogens is 6. The summed E-state index contributed by atoms with van der Waals surface area (Å²) in [5.74, 6) is 0.622. The van der Waals surface area contributed by atoms with Crippen LogP contribution in [-0.2, 0) is 31.1 Å². The lowest BCUT2D eigenvalue weighted by Gasteiger charge is -2.45. The van der Waals surface area contributed by atoms with E-state index >= 15 is 0 Å². The van der Waals surface area contributed by atoms with Gasteiger partial charge in [0.25, 0.3) is 0 Å². The average Bonchev–Trinajstić information content (AvgIpc) is 3.07. The van der Waals surface area contributed by atoms with Crippen LogP contribution in [0.3, 0.4) is 0 Å². The number of rotatable bonds is 4. The molecule has 0 saturated heterocycles. The number of phenols is 1. The molecule has 1 spiro atoms. The molecule has 1 amide bonds. The van der Waals surface area contributed by atoms with E-state index in [1.54, 1.807) is 18.2 Å². The quantitative estimate of drug-likeness (QED) is 0.157. The number of aromatic hydroxyl groups is 1. The number of fused-ring (bicyclic) bond motifs is 2. The molecule has 7 nitrogen and oxygen atoms in total. The Hall–Kier alpha value is -3.52. The summed E-state index contributed by atoms with van der Waals surface area (Å²) in [7, 11) is -6.15. The molecule has 44 heavy (non-hydrogen) atoms. The van der Waals surface area contributed by atoms with E-state index in [4.69, 9.17) is 4.74 Å². The summed E-state index contributed by atoms with van der Waals surface area (Å²) in [4.78, 5) is 12.4. The molecule has 2 atom stereocenters. The van der Waals surface area contributed by atoms with Crippen LogP contribution in [0.1, 0.15) is 62.8 Å². The van der Waals surface area contributed by atoms with Crippen LogP contribution in [0.4, 0.5) is 26.3 Å². The molecule has 2 aromatic carbocycles. The van der Waals surface area contributed by atoms with E-state index in [0.717, 1.165) is 28.7 Å². The normalized spacial score (nSPS) is 20.9. The van der Waals surface area contributed by atoms with Crippen molar-refractivity contribution in [3.8, 4) is 11.5 Å². The Morgan fingerprint density at radius 1 is 1.09 bits per heavy atom. The lowest BCUT2D eigenvalue weighted by Crippen LogP contribution is -2.61. The summed E-state index contributed by atoms with van der Waals surface area (Å²) >= 11 is 0.